The van der Waals surface area contributed by atoms with E-state index < -0.39 is 17.0 Å². The van der Waals surface area contributed by atoms with Crippen molar-refractivity contribution < 1.29 is 18.7 Å². The minimum atomic E-state index is -0.698. The van der Waals surface area contributed by atoms with E-state index in [1.807, 2.05) is 0 Å². The van der Waals surface area contributed by atoms with Gasteiger partial charge in [0.25, 0.3) is 0 Å². The molecule has 0 spiro atoms. The summed E-state index contributed by atoms with van der Waals surface area (Å²) in [6, 6.07) is 4.92. The Labute approximate surface area is 116 Å². The van der Waals surface area contributed by atoms with Crippen LogP contribution in [0.2, 0.25) is 0 Å². The first-order valence-electron chi connectivity index (χ1n) is 6.15. The van der Waals surface area contributed by atoms with Crippen molar-refractivity contribution in [3.8, 4) is 5.75 Å². The van der Waals surface area contributed by atoms with E-state index >= 15 is 0 Å². The Bertz CT molecular complexity index is 706. The van der Waals surface area contributed by atoms with Gasteiger partial charge in [-0.15, -0.1) is 0 Å². The zero-order valence-electron chi connectivity index (χ0n) is 11.9. The van der Waals surface area contributed by atoms with Crippen molar-refractivity contribution in [2.45, 2.75) is 26.4 Å². The van der Waals surface area contributed by atoms with Gasteiger partial charge in [-0.25, -0.2) is 4.79 Å². The van der Waals surface area contributed by atoms with Crippen LogP contribution in [-0.4, -0.2) is 18.7 Å². The molecule has 1 heterocycles. The number of hydrogen-bond acceptors (Lipinski definition) is 5. The third-order valence-electron chi connectivity index (χ3n) is 2.60. The standard InChI is InChI=1S/C15H16O5/c1-15(2,3)20-14(17)10-8-19-13-9(12(10)16)6-5-7-11(13)18-4/h5-8H,1-4H3. The van der Waals surface area contributed by atoms with Gasteiger partial charge in [0, 0.05) is 0 Å². The molecule has 2 aromatic rings. The molecule has 0 amide bonds. The zero-order valence-corrected chi connectivity index (χ0v) is 11.9. The van der Waals surface area contributed by atoms with E-state index in [0.717, 1.165) is 6.26 Å². The Morgan fingerprint density at radius 1 is 1.25 bits per heavy atom. The molecule has 0 fully saturated rings. The van der Waals surface area contributed by atoms with Gasteiger partial charge < -0.3 is 13.9 Å². The maximum atomic E-state index is 12.3. The topological polar surface area (TPSA) is 65.7 Å². The molecule has 0 saturated carbocycles. The largest absolute Gasteiger partial charge is 0.493 e. The predicted octanol–water partition coefficient (Wildman–Crippen LogP) is 2.76. The van der Waals surface area contributed by atoms with Crippen molar-refractivity contribution in [2.75, 3.05) is 7.11 Å². The molecule has 20 heavy (non-hydrogen) atoms. The first-order chi connectivity index (χ1) is 9.33. The van der Waals surface area contributed by atoms with Crippen molar-refractivity contribution >= 4 is 16.9 Å². The number of hydrogen-bond donors (Lipinski definition) is 0. The Morgan fingerprint density at radius 3 is 2.55 bits per heavy atom. The molecule has 5 nitrogen and oxygen atoms in total. The third-order valence-corrected chi connectivity index (χ3v) is 2.60. The van der Waals surface area contributed by atoms with Gasteiger partial charge in [-0.05, 0) is 32.9 Å². The molecular formula is C15H16O5. The fourth-order valence-electron chi connectivity index (χ4n) is 1.77. The summed E-state index contributed by atoms with van der Waals surface area (Å²) < 4.78 is 15.6. The monoisotopic (exact) mass is 276 g/mol. The summed E-state index contributed by atoms with van der Waals surface area (Å²) >= 11 is 0. The van der Waals surface area contributed by atoms with Gasteiger partial charge in [-0.3, -0.25) is 4.79 Å². The van der Waals surface area contributed by atoms with Gasteiger partial charge in [-0.1, -0.05) is 6.07 Å². The van der Waals surface area contributed by atoms with Crippen molar-refractivity contribution in [3.63, 3.8) is 0 Å². The highest BCUT2D eigenvalue weighted by molar-refractivity contribution is 5.94. The fourth-order valence-corrected chi connectivity index (χ4v) is 1.77. The lowest BCUT2D eigenvalue weighted by molar-refractivity contribution is 0.00661. The summed E-state index contributed by atoms with van der Waals surface area (Å²) in [4.78, 5) is 24.3. The van der Waals surface area contributed by atoms with Gasteiger partial charge in [0.2, 0.25) is 5.43 Å². The molecule has 1 aromatic carbocycles. The zero-order chi connectivity index (χ0) is 14.9. The van der Waals surface area contributed by atoms with Crippen LogP contribution in [0.25, 0.3) is 11.0 Å². The van der Waals surface area contributed by atoms with Crippen LogP contribution in [0.4, 0.5) is 0 Å². The highest BCUT2D eigenvalue weighted by Crippen LogP contribution is 2.23. The Balaban J connectivity index is 2.56. The van der Waals surface area contributed by atoms with Crippen molar-refractivity contribution in [2.24, 2.45) is 0 Å². The summed E-state index contributed by atoms with van der Waals surface area (Å²) in [6.07, 6.45) is 1.11. The Kier molecular flexibility index (Phi) is 3.53. The van der Waals surface area contributed by atoms with Gasteiger partial charge in [0.15, 0.2) is 11.3 Å². The quantitative estimate of drug-likeness (QED) is 0.789. The molecule has 0 unspecified atom stereocenters. The Hall–Kier alpha value is -2.30. The van der Waals surface area contributed by atoms with E-state index in [4.69, 9.17) is 13.9 Å². The van der Waals surface area contributed by atoms with Gasteiger partial charge in [0.1, 0.15) is 17.4 Å². The lowest BCUT2D eigenvalue weighted by Crippen LogP contribution is -2.27. The summed E-state index contributed by atoms with van der Waals surface area (Å²) in [6.45, 7) is 5.20. The number of benzene rings is 1. The van der Waals surface area contributed by atoms with Crippen molar-refractivity contribution in [3.05, 3.63) is 40.2 Å². The molecule has 0 aliphatic carbocycles. The average molecular weight is 276 g/mol. The van der Waals surface area contributed by atoms with Gasteiger partial charge in [0.05, 0.1) is 12.5 Å². The van der Waals surface area contributed by atoms with Crippen LogP contribution in [0.15, 0.2) is 33.7 Å². The normalized spacial score (nSPS) is 11.4. The molecule has 2 rings (SSSR count). The second-order valence-corrected chi connectivity index (χ2v) is 5.32. The molecule has 0 radical (unpaired) electrons. The van der Waals surface area contributed by atoms with Crippen LogP contribution in [-0.2, 0) is 4.74 Å². The lowest BCUT2D eigenvalue weighted by Gasteiger charge is -2.19. The maximum Gasteiger partial charge on any atom is 0.345 e. The minimum Gasteiger partial charge on any atom is -0.493 e. The molecule has 0 saturated heterocycles. The van der Waals surface area contributed by atoms with Crippen LogP contribution in [0, 0.1) is 0 Å². The highest BCUT2D eigenvalue weighted by Gasteiger charge is 2.22. The van der Waals surface area contributed by atoms with Crippen molar-refractivity contribution in [1.29, 1.82) is 0 Å². The van der Waals surface area contributed by atoms with Crippen LogP contribution in [0.1, 0.15) is 31.1 Å². The van der Waals surface area contributed by atoms with E-state index in [2.05, 4.69) is 0 Å². The number of rotatable bonds is 2. The minimum absolute atomic E-state index is 0.124. The smallest absolute Gasteiger partial charge is 0.345 e. The number of carbonyl (C=O) groups is 1. The van der Waals surface area contributed by atoms with E-state index in [-0.39, 0.29) is 10.9 Å². The SMILES string of the molecule is COc1cccc2c(=O)c(C(=O)OC(C)(C)C)coc12. The number of esters is 1. The molecule has 0 aliphatic rings. The molecule has 106 valence electrons. The van der Waals surface area contributed by atoms with Gasteiger partial charge in [-0.2, -0.15) is 0 Å². The predicted molar refractivity (Wildman–Crippen MR) is 74.2 cm³/mol. The maximum absolute atomic E-state index is 12.3. The third kappa shape index (κ3) is 2.66. The molecule has 5 heteroatoms. The van der Waals surface area contributed by atoms with E-state index in [0.29, 0.717) is 11.3 Å². The molecule has 1 aromatic heterocycles. The number of para-hydroxylation sites is 1. The molecule has 0 bridgehead atoms. The van der Waals surface area contributed by atoms with E-state index in [1.54, 1.807) is 39.0 Å². The van der Waals surface area contributed by atoms with Crippen LogP contribution in [0.3, 0.4) is 0 Å². The Morgan fingerprint density at radius 2 is 1.95 bits per heavy atom. The van der Waals surface area contributed by atoms with Crippen LogP contribution >= 0.6 is 0 Å². The second kappa shape index (κ2) is 5.00. The van der Waals surface area contributed by atoms with Crippen molar-refractivity contribution in [1.82, 2.24) is 0 Å². The number of methoxy groups -OCH3 is 1. The first-order valence-corrected chi connectivity index (χ1v) is 6.15. The number of carbonyl (C=O) groups excluding carboxylic acids is 1. The van der Waals surface area contributed by atoms with Crippen LogP contribution < -0.4 is 10.2 Å². The van der Waals surface area contributed by atoms with Crippen LogP contribution in [0.5, 0.6) is 5.75 Å². The molecule has 0 N–H and O–H groups in total. The fraction of sp³-hybridized carbons (Fsp3) is 0.333. The summed E-state index contributed by atoms with van der Waals surface area (Å²) in [5, 5.41) is 0.285. The number of fused-ring (bicyclic) bond motifs is 1. The highest BCUT2D eigenvalue weighted by atomic mass is 16.6. The molecular weight excluding hydrogens is 260 g/mol. The summed E-state index contributed by atoms with van der Waals surface area (Å²) in [7, 11) is 1.48. The van der Waals surface area contributed by atoms with E-state index in [1.165, 1.54) is 7.11 Å². The second-order valence-electron chi connectivity index (χ2n) is 5.32. The summed E-state index contributed by atoms with van der Waals surface area (Å²) in [5.41, 5.74) is -0.917. The number of ether oxygens (including phenoxy) is 2. The average Bonchev–Trinajstić information content (AvgIpc) is 2.36. The summed E-state index contributed by atoms with van der Waals surface area (Å²) in [5.74, 6) is -0.258. The molecule has 0 atom stereocenters. The first kappa shape index (κ1) is 14.1. The molecule has 0 aliphatic heterocycles. The van der Waals surface area contributed by atoms with E-state index in [9.17, 15) is 9.59 Å². The lowest BCUT2D eigenvalue weighted by atomic mass is 10.1. The van der Waals surface area contributed by atoms with Gasteiger partial charge >= 0.3 is 5.97 Å².